The van der Waals surface area contributed by atoms with Crippen LogP contribution in [0.3, 0.4) is 0 Å². The normalized spacial score (nSPS) is 10.8. The summed E-state index contributed by atoms with van der Waals surface area (Å²) in [7, 11) is 0. The van der Waals surface area contributed by atoms with Gasteiger partial charge in [-0.05, 0) is 48.4 Å². The molecule has 0 aliphatic carbocycles. The van der Waals surface area contributed by atoms with Crippen molar-refractivity contribution in [3.8, 4) is 11.5 Å². The number of non-ortho nitro benzene ring substituents is 1. The molecule has 0 heterocycles. The van der Waals surface area contributed by atoms with E-state index in [9.17, 15) is 14.5 Å². The molecule has 0 N–H and O–H groups in total. The van der Waals surface area contributed by atoms with Gasteiger partial charge >= 0.3 is 0 Å². The lowest BCUT2D eigenvalue weighted by Crippen LogP contribution is -2.00. The van der Waals surface area contributed by atoms with Crippen LogP contribution < -0.4 is 9.47 Å². The Hall–Kier alpha value is -3.94. The number of ether oxygens (including phenoxy) is 2. The molecule has 0 saturated carbocycles. The van der Waals surface area contributed by atoms with E-state index in [1.54, 1.807) is 42.5 Å². The van der Waals surface area contributed by atoms with Crippen LogP contribution in [-0.4, -0.2) is 17.7 Å². The van der Waals surface area contributed by atoms with E-state index in [0.29, 0.717) is 29.2 Å². The number of hydrogen-bond donors (Lipinski definition) is 0. The Kier molecular flexibility index (Phi) is 7.53. The second-order valence-corrected chi connectivity index (χ2v) is 6.49. The minimum absolute atomic E-state index is 0.000246. The topological polar surface area (TPSA) is 83.2 Å². The summed E-state index contributed by atoms with van der Waals surface area (Å²) in [6.45, 7) is 2.61. The van der Waals surface area contributed by atoms with Gasteiger partial charge in [0.2, 0.25) is 0 Å². The first-order valence-electron chi connectivity index (χ1n) is 9.58. The van der Waals surface area contributed by atoms with Gasteiger partial charge in [0.05, 0.1) is 17.7 Å². The summed E-state index contributed by atoms with van der Waals surface area (Å²) in [6, 6.07) is 17.7. The van der Waals surface area contributed by atoms with Crippen molar-refractivity contribution in [2.75, 3.05) is 6.61 Å². The molecule has 3 aromatic rings. The van der Waals surface area contributed by atoms with Crippen molar-refractivity contribution in [2.24, 2.45) is 5.16 Å². The predicted octanol–water partition coefficient (Wildman–Crippen LogP) is 5.26. The Morgan fingerprint density at radius 3 is 2.48 bits per heavy atom. The van der Waals surface area contributed by atoms with Gasteiger partial charge < -0.3 is 14.3 Å². The van der Waals surface area contributed by atoms with Gasteiger partial charge in [-0.1, -0.05) is 29.4 Å². The Labute approximate surface area is 178 Å². The number of oxime groups is 1. The fourth-order valence-corrected chi connectivity index (χ4v) is 2.75. The second-order valence-electron chi connectivity index (χ2n) is 6.49. The third-order valence-electron chi connectivity index (χ3n) is 4.18. The maximum absolute atomic E-state index is 13.3. The van der Waals surface area contributed by atoms with Gasteiger partial charge in [-0.3, -0.25) is 10.1 Å². The lowest BCUT2D eigenvalue weighted by molar-refractivity contribution is -0.384. The Balaban J connectivity index is 1.61. The molecule has 160 valence electrons. The van der Waals surface area contributed by atoms with Gasteiger partial charge in [0, 0.05) is 17.7 Å². The van der Waals surface area contributed by atoms with E-state index in [1.165, 1.54) is 30.5 Å². The van der Waals surface area contributed by atoms with Crippen LogP contribution in [0.4, 0.5) is 10.1 Å². The predicted molar refractivity (Wildman–Crippen MR) is 114 cm³/mol. The fourth-order valence-electron chi connectivity index (χ4n) is 2.75. The van der Waals surface area contributed by atoms with Crippen molar-refractivity contribution in [2.45, 2.75) is 20.1 Å². The van der Waals surface area contributed by atoms with Crippen LogP contribution in [0.15, 0.2) is 71.9 Å². The fraction of sp³-hybridized carbons (Fsp3) is 0.174. The highest BCUT2D eigenvalue weighted by Gasteiger charge is 2.08. The van der Waals surface area contributed by atoms with Crippen molar-refractivity contribution >= 4 is 11.9 Å². The molecule has 0 amide bonds. The van der Waals surface area contributed by atoms with E-state index in [0.717, 1.165) is 5.56 Å². The molecule has 0 aliphatic heterocycles. The minimum Gasteiger partial charge on any atom is -0.490 e. The van der Waals surface area contributed by atoms with E-state index in [-0.39, 0.29) is 24.7 Å². The van der Waals surface area contributed by atoms with Crippen molar-refractivity contribution in [3.63, 3.8) is 0 Å². The standard InChI is InChI=1S/C23H21FN2O5/c1-2-29-23-13-17(9-10-22(23)30-15-18-5-3-7-20(24)11-18)14-25-31-16-19-6-4-8-21(12-19)26(27)28/h3-14H,2,15-16H2,1H3/b25-14-. The largest absolute Gasteiger partial charge is 0.490 e. The highest BCUT2D eigenvalue weighted by molar-refractivity contribution is 5.80. The van der Waals surface area contributed by atoms with E-state index >= 15 is 0 Å². The molecule has 0 saturated heterocycles. The van der Waals surface area contributed by atoms with Gasteiger partial charge in [-0.25, -0.2) is 4.39 Å². The van der Waals surface area contributed by atoms with Crippen LogP contribution in [0.2, 0.25) is 0 Å². The molecule has 0 aliphatic rings. The van der Waals surface area contributed by atoms with Gasteiger partial charge in [0.1, 0.15) is 19.0 Å². The van der Waals surface area contributed by atoms with Crippen LogP contribution in [0.25, 0.3) is 0 Å². The van der Waals surface area contributed by atoms with Gasteiger partial charge in [0.25, 0.3) is 5.69 Å². The van der Waals surface area contributed by atoms with E-state index < -0.39 is 4.92 Å². The van der Waals surface area contributed by atoms with E-state index in [1.807, 2.05) is 6.92 Å². The number of nitro benzene ring substituents is 1. The number of benzene rings is 3. The highest BCUT2D eigenvalue weighted by Crippen LogP contribution is 2.29. The molecule has 7 nitrogen and oxygen atoms in total. The summed E-state index contributed by atoms with van der Waals surface area (Å²) < 4.78 is 24.7. The van der Waals surface area contributed by atoms with Crippen molar-refractivity contribution in [1.29, 1.82) is 0 Å². The molecular weight excluding hydrogens is 403 g/mol. The van der Waals surface area contributed by atoms with Crippen LogP contribution in [0, 0.1) is 15.9 Å². The third kappa shape index (κ3) is 6.53. The molecule has 0 bridgehead atoms. The molecule has 31 heavy (non-hydrogen) atoms. The average molecular weight is 424 g/mol. The zero-order valence-corrected chi connectivity index (χ0v) is 16.9. The number of rotatable bonds is 10. The molecular formula is C23H21FN2O5. The Bertz CT molecular complexity index is 1070. The molecule has 3 rings (SSSR count). The van der Waals surface area contributed by atoms with Crippen LogP contribution >= 0.6 is 0 Å². The Morgan fingerprint density at radius 2 is 1.74 bits per heavy atom. The summed E-state index contributed by atoms with van der Waals surface area (Å²) in [5, 5.41) is 14.7. The highest BCUT2D eigenvalue weighted by atomic mass is 19.1. The lowest BCUT2D eigenvalue weighted by atomic mass is 10.2. The van der Waals surface area contributed by atoms with E-state index in [4.69, 9.17) is 14.3 Å². The van der Waals surface area contributed by atoms with Crippen LogP contribution in [-0.2, 0) is 18.1 Å². The monoisotopic (exact) mass is 424 g/mol. The quantitative estimate of drug-likeness (QED) is 0.252. The number of halogens is 1. The SMILES string of the molecule is CCOc1cc(/C=N\OCc2cccc([N+](=O)[O-])c2)ccc1OCc1cccc(F)c1. The van der Waals surface area contributed by atoms with Gasteiger partial charge in [-0.2, -0.15) is 0 Å². The molecule has 0 atom stereocenters. The summed E-state index contributed by atoms with van der Waals surface area (Å²) >= 11 is 0. The third-order valence-corrected chi connectivity index (χ3v) is 4.18. The zero-order valence-electron chi connectivity index (χ0n) is 16.9. The second kappa shape index (κ2) is 10.7. The molecule has 3 aromatic carbocycles. The summed E-state index contributed by atoms with van der Waals surface area (Å²) in [4.78, 5) is 15.6. The average Bonchev–Trinajstić information content (AvgIpc) is 2.76. The molecule has 0 unspecified atom stereocenters. The first-order chi connectivity index (χ1) is 15.0. The van der Waals surface area contributed by atoms with Gasteiger partial charge in [0.15, 0.2) is 11.5 Å². The molecule has 0 spiro atoms. The van der Waals surface area contributed by atoms with Crippen LogP contribution in [0.1, 0.15) is 23.6 Å². The zero-order chi connectivity index (χ0) is 22.1. The van der Waals surface area contributed by atoms with Crippen molar-refractivity contribution in [1.82, 2.24) is 0 Å². The Morgan fingerprint density at radius 1 is 0.968 bits per heavy atom. The van der Waals surface area contributed by atoms with E-state index in [2.05, 4.69) is 5.16 Å². The molecule has 0 fully saturated rings. The number of nitro groups is 1. The summed E-state index contributed by atoms with van der Waals surface area (Å²) in [5.74, 6) is 0.741. The lowest BCUT2D eigenvalue weighted by Gasteiger charge is -2.12. The smallest absolute Gasteiger partial charge is 0.269 e. The number of nitrogens with zero attached hydrogens (tertiary/aromatic N) is 2. The molecule has 0 aromatic heterocycles. The van der Waals surface area contributed by atoms with Crippen LogP contribution in [0.5, 0.6) is 11.5 Å². The number of hydrogen-bond acceptors (Lipinski definition) is 6. The van der Waals surface area contributed by atoms with Crippen molar-refractivity contribution < 1.29 is 23.6 Å². The molecule has 8 heteroatoms. The maximum Gasteiger partial charge on any atom is 0.269 e. The summed E-state index contributed by atoms with van der Waals surface area (Å²) in [6.07, 6.45) is 1.51. The maximum atomic E-state index is 13.3. The first-order valence-corrected chi connectivity index (χ1v) is 9.58. The molecule has 0 radical (unpaired) electrons. The van der Waals surface area contributed by atoms with Crippen molar-refractivity contribution in [3.05, 3.63) is 99.4 Å². The first kappa shape index (κ1) is 21.8. The minimum atomic E-state index is -0.458. The van der Waals surface area contributed by atoms with Gasteiger partial charge in [-0.15, -0.1) is 0 Å². The summed E-state index contributed by atoms with van der Waals surface area (Å²) in [5.41, 5.74) is 2.07.